The maximum absolute atomic E-state index is 13.2. The molecule has 0 radical (unpaired) electrons. The van der Waals surface area contributed by atoms with Crippen molar-refractivity contribution >= 4 is 45.0 Å². The lowest BCUT2D eigenvalue weighted by Gasteiger charge is -2.51. The number of halogens is 2. The molecule has 2 aromatic heterocycles. The van der Waals surface area contributed by atoms with E-state index in [0.717, 1.165) is 42.6 Å². The van der Waals surface area contributed by atoms with E-state index in [1.165, 1.54) is 0 Å². The molecule has 1 aromatic carbocycles. The summed E-state index contributed by atoms with van der Waals surface area (Å²) in [6, 6.07) is 9.61. The molecule has 34 heavy (non-hydrogen) atoms. The van der Waals surface area contributed by atoms with E-state index in [4.69, 9.17) is 21.3 Å². The second-order valence-corrected chi connectivity index (χ2v) is 10.4. The van der Waals surface area contributed by atoms with Gasteiger partial charge in [-0.15, -0.1) is 0 Å². The topological polar surface area (TPSA) is 80.0 Å². The predicted molar refractivity (Wildman–Crippen MR) is 128 cm³/mol. The lowest BCUT2D eigenvalue weighted by Crippen LogP contribution is -2.67. The van der Waals surface area contributed by atoms with Crippen LogP contribution < -0.4 is 0 Å². The lowest BCUT2D eigenvalue weighted by molar-refractivity contribution is -0.146. The van der Waals surface area contributed by atoms with Gasteiger partial charge in [0.05, 0.1) is 11.6 Å². The maximum atomic E-state index is 13.2. The first-order valence-electron chi connectivity index (χ1n) is 11.4. The number of benzene rings is 1. The first kappa shape index (κ1) is 21.9. The number of fused-ring (bicyclic) bond motifs is 3. The molecule has 1 aliphatic carbocycles. The highest BCUT2D eigenvalue weighted by atomic mass is 79.9. The summed E-state index contributed by atoms with van der Waals surface area (Å²) < 4.78 is 8.21. The SMILES string of the molecule is O=C1CN(C(=O)OCc2ccccc2)C2(CC2)C2CCC(c3nc(Br)c4c(Cl)nccn34)CN12. The average molecular weight is 545 g/mol. The zero-order chi connectivity index (χ0) is 23.4. The first-order valence-corrected chi connectivity index (χ1v) is 12.6. The Bertz CT molecular complexity index is 1280. The van der Waals surface area contributed by atoms with Gasteiger partial charge in [-0.2, -0.15) is 0 Å². The molecule has 10 heteroatoms. The second kappa shape index (κ2) is 8.23. The molecule has 176 valence electrons. The summed E-state index contributed by atoms with van der Waals surface area (Å²) in [6.45, 7) is 0.832. The number of hydrogen-bond acceptors (Lipinski definition) is 5. The third-order valence-corrected chi connectivity index (χ3v) is 8.23. The van der Waals surface area contributed by atoms with Crippen LogP contribution >= 0.6 is 27.5 Å². The van der Waals surface area contributed by atoms with E-state index in [0.29, 0.717) is 16.3 Å². The van der Waals surface area contributed by atoms with E-state index in [9.17, 15) is 9.59 Å². The van der Waals surface area contributed by atoms with Crippen LogP contribution in [0.3, 0.4) is 0 Å². The van der Waals surface area contributed by atoms with Gasteiger partial charge < -0.3 is 9.64 Å². The van der Waals surface area contributed by atoms with E-state index in [-0.39, 0.29) is 36.6 Å². The zero-order valence-electron chi connectivity index (χ0n) is 18.4. The predicted octanol–water partition coefficient (Wildman–Crippen LogP) is 4.40. The number of piperidine rings is 1. The number of piperazine rings is 1. The Balaban J connectivity index is 1.21. The Labute approximate surface area is 210 Å². The van der Waals surface area contributed by atoms with Crippen LogP contribution in [0.4, 0.5) is 4.79 Å². The molecular weight excluding hydrogens is 522 g/mol. The van der Waals surface area contributed by atoms with Crippen LogP contribution in [-0.4, -0.2) is 60.8 Å². The maximum Gasteiger partial charge on any atom is 0.411 e. The van der Waals surface area contributed by atoms with Crippen molar-refractivity contribution in [1.29, 1.82) is 0 Å². The summed E-state index contributed by atoms with van der Waals surface area (Å²) in [5.41, 5.74) is 1.35. The molecule has 8 nitrogen and oxygen atoms in total. The van der Waals surface area contributed by atoms with Gasteiger partial charge in [0.15, 0.2) is 5.15 Å². The minimum atomic E-state index is -0.401. The molecule has 3 fully saturated rings. The van der Waals surface area contributed by atoms with Gasteiger partial charge in [-0.05, 0) is 47.2 Å². The Morgan fingerprint density at radius 3 is 2.79 bits per heavy atom. The van der Waals surface area contributed by atoms with E-state index in [1.807, 2.05) is 45.8 Å². The van der Waals surface area contributed by atoms with Crippen molar-refractivity contribution in [2.75, 3.05) is 13.1 Å². The zero-order valence-corrected chi connectivity index (χ0v) is 20.7. The van der Waals surface area contributed by atoms with Gasteiger partial charge in [0, 0.05) is 24.9 Å². The van der Waals surface area contributed by atoms with Gasteiger partial charge in [0.25, 0.3) is 0 Å². The average Bonchev–Trinajstić information content (AvgIpc) is 3.57. The molecule has 1 spiro atoms. The summed E-state index contributed by atoms with van der Waals surface area (Å²) >= 11 is 9.79. The third kappa shape index (κ3) is 3.48. The van der Waals surface area contributed by atoms with Crippen molar-refractivity contribution in [3.05, 3.63) is 63.9 Å². The monoisotopic (exact) mass is 543 g/mol. The Morgan fingerprint density at radius 1 is 1.24 bits per heavy atom. The smallest absolute Gasteiger partial charge is 0.411 e. The van der Waals surface area contributed by atoms with Gasteiger partial charge in [-0.3, -0.25) is 14.1 Å². The summed E-state index contributed by atoms with van der Waals surface area (Å²) in [5, 5.41) is 0.387. The molecule has 1 saturated carbocycles. The fraction of sp³-hybridized carbons (Fsp3) is 0.417. The quantitative estimate of drug-likeness (QED) is 0.488. The van der Waals surface area contributed by atoms with E-state index in [2.05, 4.69) is 20.9 Å². The van der Waals surface area contributed by atoms with Crippen LogP contribution in [0.25, 0.3) is 5.52 Å². The van der Waals surface area contributed by atoms with Gasteiger partial charge in [-0.1, -0.05) is 41.9 Å². The first-order chi connectivity index (χ1) is 16.5. The largest absolute Gasteiger partial charge is 0.445 e. The normalized spacial score (nSPS) is 23.3. The summed E-state index contributed by atoms with van der Waals surface area (Å²) in [7, 11) is 0. The molecule has 6 rings (SSSR count). The molecule has 2 aliphatic heterocycles. The minimum Gasteiger partial charge on any atom is -0.445 e. The van der Waals surface area contributed by atoms with E-state index >= 15 is 0 Å². The highest BCUT2D eigenvalue weighted by molar-refractivity contribution is 9.10. The van der Waals surface area contributed by atoms with Gasteiger partial charge in [-0.25, -0.2) is 14.8 Å². The number of rotatable bonds is 3. The number of carbonyl (C=O) groups excluding carboxylic acids is 2. The van der Waals surface area contributed by atoms with Crippen LogP contribution in [0, 0.1) is 0 Å². The summed E-state index contributed by atoms with van der Waals surface area (Å²) in [5.74, 6) is 0.903. The fourth-order valence-electron chi connectivity index (χ4n) is 5.63. The third-order valence-electron chi connectivity index (χ3n) is 7.40. The van der Waals surface area contributed by atoms with Crippen molar-refractivity contribution in [2.24, 2.45) is 0 Å². The van der Waals surface area contributed by atoms with Crippen molar-refractivity contribution in [1.82, 2.24) is 24.2 Å². The number of nitrogens with zero attached hydrogens (tertiary/aromatic N) is 5. The molecule has 0 N–H and O–H groups in total. The van der Waals surface area contributed by atoms with Crippen LogP contribution in [0.2, 0.25) is 5.15 Å². The van der Waals surface area contributed by atoms with Crippen molar-refractivity contribution in [3.8, 4) is 0 Å². The number of hydrogen-bond donors (Lipinski definition) is 0. The standard InChI is InChI=1S/C24H23BrClN5O3/c25-20-19-21(26)27-10-11-29(19)22(28-20)16-6-7-17-24(8-9-24)31(13-18(32)30(17)12-16)23(33)34-14-15-4-2-1-3-5-15/h1-5,10-11,16-17H,6-9,12-14H2. The molecule has 2 unspecified atom stereocenters. The van der Waals surface area contributed by atoms with Crippen LogP contribution in [0.5, 0.6) is 0 Å². The molecule has 2 atom stereocenters. The molecular formula is C24H23BrClN5O3. The molecule has 3 aliphatic rings. The lowest BCUT2D eigenvalue weighted by atomic mass is 9.84. The molecule has 0 bridgehead atoms. The van der Waals surface area contributed by atoms with Crippen LogP contribution in [-0.2, 0) is 16.1 Å². The van der Waals surface area contributed by atoms with E-state index < -0.39 is 6.09 Å². The Hall–Kier alpha value is -2.65. The van der Waals surface area contributed by atoms with Gasteiger partial charge in [0.2, 0.25) is 5.91 Å². The fourth-order valence-corrected chi connectivity index (χ4v) is 6.54. The molecule has 2 saturated heterocycles. The second-order valence-electron chi connectivity index (χ2n) is 9.26. The van der Waals surface area contributed by atoms with E-state index in [1.54, 1.807) is 11.1 Å². The van der Waals surface area contributed by atoms with Crippen molar-refractivity contribution < 1.29 is 14.3 Å². The molecule has 4 heterocycles. The highest BCUT2D eigenvalue weighted by Crippen LogP contribution is 2.52. The molecule has 2 amide bonds. The van der Waals surface area contributed by atoms with Gasteiger partial charge >= 0.3 is 6.09 Å². The Kier molecular flexibility index (Phi) is 5.29. The number of amides is 2. The minimum absolute atomic E-state index is 0.00852. The number of ether oxygens (including phenoxy) is 1. The molecule has 3 aromatic rings. The number of carbonyl (C=O) groups is 2. The van der Waals surface area contributed by atoms with Crippen LogP contribution in [0.15, 0.2) is 47.3 Å². The number of imidazole rings is 1. The van der Waals surface area contributed by atoms with Crippen molar-refractivity contribution in [2.45, 2.75) is 49.8 Å². The van der Waals surface area contributed by atoms with Crippen LogP contribution in [0.1, 0.15) is 43.0 Å². The highest BCUT2D eigenvalue weighted by Gasteiger charge is 2.62. The van der Waals surface area contributed by atoms with Crippen molar-refractivity contribution in [3.63, 3.8) is 0 Å². The van der Waals surface area contributed by atoms with Gasteiger partial charge in [0.1, 0.15) is 29.1 Å². The Morgan fingerprint density at radius 2 is 2.03 bits per heavy atom. The number of aromatic nitrogens is 3. The summed E-state index contributed by atoms with van der Waals surface area (Å²) in [4.78, 5) is 38.8. The summed E-state index contributed by atoms with van der Waals surface area (Å²) in [6.07, 6.45) is 6.58.